The summed E-state index contributed by atoms with van der Waals surface area (Å²) in [5.74, 6) is -0.719. The number of alkyl halides is 2. The second kappa shape index (κ2) is 8.98. The van der Waals surface area contributed by atoms with Crippen molar-refractivity contribution in [2.24, 2.45) is 0 Å². The Morgan fingerprint density at radius 1 is 1.23 bits per heavy atom. The van der Waals surface area contributed by atoms with Crippen molar-refractivity contribution in [3.63, 3.8) is 0 Å². The van der Waals surface area contributed by atoms with Crippen LogP contribution < -0.4 is 10.1 Å². The predicted molar refractivity (Wildman–Crippen MR) is 89.9 cm³/mol. The fraction of sp³-hybridized carbons (Fsp3) is 0.333. The fourth-order valence-corrected chi connectivity index (χ4v) is 2.49. The van der Waals surface area contributed by atoms with E-state index in [2.05, 4.69) is 10.1 Å². The van der Waals surface area contributed by atoms with Crippen LogP contribution in [0.5, 0.6) is 5.75 Å². The van der Waals surface area contributed by atoms with Gasteiger partial charge in [-0.1, -0.05) is 25.1 Å². The minimum Gasteiger partial charge on any atom is -0.459 e. The number of carbonyl (C=O) groups excluding carboxylic acids is 2. The third-order valence-electron chi connectivity index (χ3n) is 3.71. The third-order valence-corrected chi connectivity index (χ3v) is 3.71. The van der Waals surface area contributed by atoms with Crippen LogP contribution in [0.25, 0.3) is 0 Å². The quantitative estimate of drug-likeness (QED) is 0.779. The van der Waals surface area contributed by atoms with Gasteiger partial charge >= 0.3 is 6.61 Å². The van der Waals surface area contributed by atoms with Crippen LogP contribution in [-0.2, 0) is 4.79 Å². The highest BCUT2D eigenvalue weighted by atomic mass is 19.3. The van der Waals surface area contributed by atoms with Crippen LogP contribution in [0.3, 0.4) is 0 Å². The highest BCUT2D eigenvalue weighted by Gasteiger charge is 2.21. The van der Waals surface area contributed by atoms with Gasteiger partial charge < -0.3 is 19.4 Å². The summed E-state index contributed by atoms with van der Waals surface area (Å²) < 4.78 is 34.7. The van der Waals surface area contributed by atoms with Crippen molar-refractivity contribution in [2.45, 2.75) is 26.0 Å². The van der Waals surface area contributed by atoms with Crippen LogP contribution in [0.15, 0.2) is 47.1 Å². The Balaban J connectivity index is 2.03. The molecule has 0 saturated carbocycles. The van der Waals surface area contributed by atoms with Gasteiger partial charge in [0.15, 0.2) is 5.76 Å². The number of likely N-dealkylation sites (N-methyl/N-ethyl adjacent to an activating group) is 1. The number of nitrogens with zero attached hydrogens (tertiary/aromatic N) is 1. The van der Waals surface area contributed by atoms with E-state index in [-0.39, 0.29) is 18.1 Å². The van der Waals surface area contributed by atoms with E-state index in [1.807, 2.05) is 6.92 Å². The van der Waals surface area contributed by atoms with Crippen molar-refractivity contribution in [3.8, 4) is 5.75 Å². The predicted octanol–water partition coefficient (Wildman–Crippen LogP) is 3.22. The van der Waals surface area contributed by atoms with Crippen LogP contribution >= 0.6 is 0 Å². The van der Waals surface area contributed by atoms with E-state index in [0.717, 1.165) is 0 Å². The van der Waals surface area contributed by atoms with Crippen molar-refractivity contribution in [1.29, 1.82) is 0 Å². The molecule has 0 aliphatic heterocycles. The molecule has 0 bridgehead atoms. The summed E-state index contributed by atoms with van der Waals surface area (Å²) in [5, 5.41) is 2.74. The fourth-order valence-electron chi connectivity index (χ4n) is 2.49. The molecule has 1 aromatic heterocycles. The summed E-state index contributed by atoms with van der Waals surface area (Å²) >= 11 is 0. The molecule has 2 amide bonds. The molecule has 1 aromatic carbocycles. The molecule has 0 spiro atoms. The Morgan fingerprint density at radius 3 is 2.58 bits per heavy atom. The van der Waals surface area contributed by atoms with Gasteiger partial charge in [-0.05, 0) is 24.6 Å². The molecule has 1 atom stereocenters. The molecule has 1 heterocycles. The summed E-state index contributed by atoms with van der Waals surface area (Å²) in [4.78, 5) is 25.6. The number of benzene rings is 1. The SMILES string of the molecule is CC[C@H](NC(=O)CN(C)C(=O)c1ccco1)c1ccccc1OC(F)F. The first-order chi connectivity index (χ1) is 12.4. The standard InChI is InChI=1S/C18H20F2N2O4/c1-3-13(12-7-4-5-8-14(12)26-18(19)20)21-16(23)11-22(2)17(24)15-9-6-10-25-15/h4-10,13,18H,3,11H2,1-2H3,(H,21,23)/t13-/m0/s1. The molecular formula is C18H20F2N2O4. The van der Waals surface area contributed by atoms with Crippen LogP contribution in [0.1, 0.15) is 35.5 Å². The molecule has 140 valence electrons. The number of rotatable bonds is 8. The number of hydrogen-bond acceptors (Lipinski definition) is 4. The normalized spacial score (nSPS) is 11.9. The Kier molecular flexibility index (Phi) is 6.71. The number of ether oxygens (including phenoxy) is 1. The van der Waals surface area contributed by atoms with E-state index >= 15 is 0 Å². The molecule has 0 aliphatic carbocycles. The van der Waals surface area contributed by atoms with E-state index in [9.17, 15) is 18.4 Å². The summed E-state index contributed by atoms with van der Waals surface area (Å²) in [7, 11) is 1.47. The zero-order chi connectivity index (χ0) is 19.1. The maximum absolute atomic E-state index is 12.6. The Morgan fingerprint density at radius 2 is 1.96 bits per heavy atom. The van der Waals surface area contributed by atoms with Gasteiger partial charge in [0.2, 0.25) is 5.91 Å². The van der Waals surface area contributed by atoms with Gasteiger partial charge in [-0.3, -0.25) is 9.59 Å². The van der Waals surface area contributed by atoms with Gasteiger partial charge in [0.1, 0.15) is 5.75 Å². The number of nitrogens with one attached hydrogen (secondary N) is 1. The minimum absolute atomic E-state index is 0.00895. The number of halogens is 2. The molecule has 2 rings (SSSR count). The molecule has 0 radical (unpaired) electrons. The average molecular weight is 366 g/mol. The lowest BCUT2D eigenvalue weighted by Crippen LogP contribution is -2.39. The second-order valence-electron chi connectivity index (χ2n) is 5.58. The number of carbonyl (C=O) groups is 2. The van der Waals surface area contributed by atoms with Gasteiger partial charge in [0.05, 0.1) is 18.8 Å². The second-order valence-corrected chi connectivity index (χ2v) is 5.58. The molecule has 1 N–H and O–H groups in total. The lowest BCUT2D eigenvalue weighted by Gasteiger charge is -2.22. The number of hydrogen-bond donors (Lipinski definition) is 1. The number of para-hydroxylation sites is 1. The topological polar surface area (TPSA) is 71.8 Å². The van der Waals surface area contributed by atoms with Crippen molar-refractivity contribution in [1.82, 2.24) is 10.2 Å². The van der Waals surface area contributed by atoms with E-state index < -0.39 is 24.5 Å². The highest BCUT2D eigenvalue weighted by Crippen LogP contribution is 2.28. The maximum atomic E-state index is 12.6. The summed E-state index contributed by atoms with van der Waals surface area (Å²) in [6, 6.07) is 8.84. The smallest absolute Gasteiger partial charge is 0.387 e. The van der Waals surface area contributed by atoms with Gasteiger partial charge in [0.25, 0.3) is 5.91 Å². The molecule has 26 heavy (non-hydrogen) atoms. The number of furan rings is 1. The van der Waals surface area contributed by atoms with Gasteiger partial charge in [-0.15, -0.1) is 0 Å². The van der Waals surface area contributed by atoms with Gasteiger partial charge in [0, 0.05) is 12.6 Å². The van der Waals surface area contributed by atoms with E-state index in [4.69, 9.17) is 4.42 Å². The first-order valence-electron chi connectivity index (χ1n) is 8.04. The minimum atomic E-state index is -2.96. The van der Waals surface area contributed by atoms with Crippen molar-refractivity contribution in [3.05, 3.63) is 54.0 Å². The third kappa shape index (κ3) is 5.05. The summed E-state index contributed by atoms with van der Waals surface area (Å²) in [6.07, 6.45) is 1.83. The molecular weight excluding hydrogens is 346 g/mol. The Hall–Kier alpha value is -2.90. The zero-order valence-electron chi connectivity index (χ0n) is 14.4. The molecule has 0 saturated heterocycles. The summed E-state index contributed by atoms with van der Waals surface area (Å²) in [5.41, 5.74) is 0.448. The van der Waals surface area contributed by atoms with Crippen molar-refractivity contribution in [2.75, 3.05) is 13.6 Å². The molecule has 6 nitrogen and oxygen atoms in total. The molecule has 0 aliphatic rings. The van der Waals surface area contributed by atoms with E-state index in [1.165, 1.54) is 30.3 Å². The molecule has 0 fully saturated rings. The Bertz CT molecular complexity index is 735. The largest absolute Gasteiger partial charge is 0.459 e. The van der Waals surface area contributed by atoms with Crippen molar-refractivity contribution >= 4 is 11.8 Å². The van der Waals surface area contributed by atoms with E-state index in [1.54, 1.807) is 24.3 Å². The Labute approximate surface area is 149 Å². The maximum Gasteiger partial charge on any atom is 0.387 e. The average Bonchev–Trinajstić information content (AvgIpc) is 3.13. The highest BCUT2D eigenvalue weighted by molar-refractivity contribution is 5.94. The number of amides is 2. The zero-order valence-corrected chi connectivity index (χ0v) is 14.4. The van der Waals surface area contributed by atoms with Gasteiger partial charge in [-0.2, -0.15) is 8.78 Å². The van der Waals surface area contributed by atoms with Crippen LogP contribution in [-0.4, -0.2) is 36.9 Å². The lowest BCUT2D eigenvalue weighted by atomic mass is 10.0. The van der Waals surface area contributed by atoms with Gasteiger partial charge in [-0.25, -0.2) is 0 Å². The molecule has 0 unspecified atom stereocenters. The molecule has 2 aromatic rings. The van der Waals surface area contributed by atoms with Crippen LogP contribution in [0.4, 0.5) is 8.78 Å². The first-order valence-corrected chi connectivity index (χ1v) is 8.04. The van der Waals surface area contributed by atoms with Crippen molar-refractivity contribution < 1.29 is 27.5 Å². The summed E-state index contributed by atoms with van der Waals surface area (Å²) in [6.45, 7) is -1.35. The monoisotopic (exact) mass is 366 g/mol. The molecule has 8 heteroatoms. The van der Waals surface area contributed by atoms with E-state index in [0.29, 0.717) is 12.0 Å². The lowest BCUT2D eigenvalue weighted by molar-refractivity contribution is -0.122. The first kappa shape index (κ1) is 19.4. The van der Waals surface area contributed by atoms with Crippen LogP contribution in [0, 0.1) is 0 Å². The van der Waals surface area contributed by atoms with Crippen LogP contribution in [0.2, 0.25) is 0 Å².